The van der Waals surface area contributed by atoms with Gasteiger partial charge in [0.25, 0.3) is 0 Å². The van der Waals surface area contributed by atoms with E-state index in [2.05, 4.69) is 62.9 Å². The number of fused-ring (bicyclic) bond motifs is 3. The fourth-order valence-electron chi connectivity index (χ4n) is 6.15. The number of piperidine rings is 1. The SMILES string of the molecule is COc1ccc2c(c1)[C@]1(C[C@H]1c1ccc3c(-c4ccc(N5CCCCC5)cc4)n[nH]c3c1)C(=O)N2. The Kier molecular flexibility index (Phi) is 4.47. The number of nitrogens with zero attached hydrogens (tertiary/aromatic N) is 2. The highest BCUT2D eigenvalue weighted by molar-refractivity contribution is 6.10. The van der Waals surface area contributed by atoms with E-state index in [0.29, 0.717) is 0 Å². The minimum absolute atomic E-state index is 0.0879. The molecule has 1 saturated heterocycles. The van der Waals surface area contributed by atoms with Crippen molar-refractivity contribution < 1.29 is 9.53 Å². The number of nitrogens with one attached hydrogen (secondary N) is 2. The van der Waals surface area contributed by atoms with Crippen LogP contribution < -0.4 is 15.0 Å². The molecule has 176 valence electrons. The van der Waals surface area contributed by atoms with Gasteiger partial charge in [0.2, 0.25) is 5.91 Å². The summed E-state index contributed by atoms with van der Waals surface area (Å²) in [5.41, 5.74) is 7.00. The molecule has 3 aliphatic rings. The van der Waals surface area contributed by atoms with Crippen LogP contribution in [0.2, 0.25) is 0 Å². The van der Waals surface area contributed by atoms with Crippen molar-refractivity contribution in [2.24, 2.45) is 0 Å². The molecule has 1 spiro atoms. The first-order valence-corrected chi connectivity index (χ1v) is 12.5. The predicted octanol–water partition coefficient (Wildman–Crippen LogP) is 5.61. The van der Waals surface area contributed by atoms with E-state index in [1.54, 1.807) is 7.11 Å². The maximum atomic E-state index is 13.0. The van der Waals surface area contributed by atoms with Crippen LogP contribution in [0.3, 0.4) is 0 Å². The number of hydrogen-bond donors (Lipinski definition) is 2. The second kappa shape index (κ2) is 7.60. The molecular formula is C29H28N4O2. The topological polar surface area (TPSA) is 70.2 Å². The summed E-state index contributed by atoms with van der Waals surface area (Å²) in [5, 5.41) is 12.1. The van der Waals surface area contributed by atoms with Crippen LogP contribution in [0, 0.1) is 0 Å². The third-order valence-electron chi connectivity index (χ3n) is 8.17. The van der Waals surface area contributed by atoms with Crippen LogP contribution >= 0.6 is 0 Å². The van der Waals surface area contributed by atoms with Gasteiger partial charge in [-0.15, -0.1) is 0 Å². The Morgan fingerprint density at radius 3 is 2.63 bits per heavy atom. The maximum absolute atomic E-state index is 13.0. The number of hydrogen-bond acceptors (Lipinski definition) is 4. The first-order valence-electron chi connectivity index (χ1n) is 12.5. The van der Waals surface area contributed by atoms with Crippen molar-refractivity contribution in [2.45, 2.75) is 37.0 Å². The van der Waals surface area contributed by atoms with Gasteiger partial charge in [-0.2, -0.15) is 5.10 Å². The van der Waals surface area contributed by atoms with E-state index in [9.17, 15) is 4.79 Å². The van der Waals surface area contributed by atoms with E-state index in [1.807, 2.05) is 18.2 Å². The fraction of sp³-hybridized carbons (Fsp3) is 0.310. The summed E-state index contributed by atoms with van der Waals surface area (Å²) in [5.74, 6) is 1.02. The van der Waals surface area contributed by atoms with Crippen molar-refractivity contribution in [1.29, 1.82) is 0 Å². The quantitative estimate of drug-likeness (QED) is 0.412. The highest BCUT2D eigenvalue weighted by Gasteiger charge is 2.65. The summed E-state index contributed by atoms with van der Waals surface area (Å²) in [7, 11) is 1.66. The monoisotopic (exact) mass is 464 g/mol. The summed E-state index contributed by atoms with van der Waals surface area (Å²) < 4.78 is 5.43. The molecule has 1 amide bonds. The second-order valence-corrected chi connectivity index (χ2v) is 10.1. The van der Waals surface area contributed by atoms with Gasteiger partial charge in [-0.05, 0) is 73.2 Å². The first kappa shape index (κ1) is 20.6. The average molecular weight is 465 g/mol. The van der Waals surface area contributed by atoms with E-state index in [0.717, 1.165) is 58.7 Å². The van der Waals surface area contributed by atoms with E-state index >= 15 is 0 Å². The molecule has 4 aromatic rings. The van der Waals surface area contributed by atoms with Crippen LogP contribution in [0.5, 0.6) is 5.75 Å². The molecule has 1 aliphatic carbocycles. The Bertz CT molecular complexity index is 1450. The summed E-state index contributed by atoms with van der Waals surface area (Å²) in [6.45, 7) is 2.29. The molecule has 2 aliphatic heterocycles. The molecule has 6 heteroatoms. The highest BCUT2D eigenvalue weighted by atomic mass is 16.5. The van der Waals surface area contributed by atoms with Gasteiger partial charge in [0.15, 0.2) is 0 Å². The molecule has 2 atom stereocenters. The number of rotatable bonds is 4. The van der Waals surface area contributed by atoms with Crippen LogP contribution in [0.15, 0.2) is 60.7 Å². The van der Waals surface area contributed by atoms with Crippen LogP contribution in [-0.2, 0) is 10.2 Å². The Balaban J connectivity index is 1.18. The number of benzene rings is 3. The van der Waals surface area contributed by atoms with Crippen molar-refractivity contribution in [3.63, 3.8) is 0 Å². The van der Waals surface area contributed by atoms with Gasteiger partial charge in [0, 0.05) is 41.3 Å². The first-order chi connectivity index (χ1) is 17.2. The van der Waals surface area contributed by atoms with Crippen molar-refractivity contribution in [2.75, 3.05) is 30.4 Å². The molecule has 3 aromatic carbocycles. The summed E-state index contributed by atoms with van der Waals surface area (Å²) in [4.78, 5) is 15.5. The van der Waals surface area contributed by atoms with Gasteiger partial charge in [-0.25, -0.2) is 0 Å². The molecule has 6 nitrogen and oxygen atoms in total. The molecule has 2 fully saturated rings. The normalized spacial score (nSPS) is 22.9. The van der Waals surface area contributed by atoms with Crippen LogP contribution in [0.1, 0.15) is 42.7 Å². The number of H-pyrrole nitrogens is 1. The molecule has 0 bridgehead atoms. The van der Waals surface area contributed by atoms with Crippen molar-refractivity contribution >= 4 is 28.2 Å². The minimum atomic E-state index is -0.495. The zero-order valence-electron chi connectivity index (χ0n) is 19.8. The highest BCUT2D eigenvalue weighted by Crippen LogP contribution is 2.65. The number of methoxy groups -OCH3 is 1. The van der Waals surface area contributed by atoms with Gasteiger partial charge >= 0.3 is 0 Å². The molecule has 35 heavy (non-hydrogen) atoms. The Labute approximate surface area is 204 Å². The Hall–Kier alpha value is -3.80. The molecule has 1 aromatic heterocycles. The summed E-state index contributed by atoms with van der Waals surface area (Å²) in [6, 6.07) is 21.1. The molecule has 2 N–H and O–H groups in total. The number of aromatic nitrogens is 2. The standard InChI is InChI=1S/C29H28N4O2/c1-35-21-10-12-25-23(16-21)29(28(34)30-25)17-24(29)19-7-11-22-26(15-19)31-32-27(22)18-5-8-20(9-6-18)33-13-3-2-4-14-33/h5-12,15-16,24H,2-4,13-14,17H2,1H3,(H,30,34)(H,31,32)/t24-,29-/m0/s1. The molecule has 3 heterocycles. The van der Waals surface area contributed by atoms with Gasteiger partial charge in [0.1, 0.15) is 5.75 Å². The van der Waals surface area contributed by atoms with Gasteiger partial charge in [-0.1, -0.05) is 24.3 Å². The number of anilines is 2. The lowest BCUT2D eigenvalue weighted by molar-refractivity contribution is -0.118. The Morgan fingerprint density at radius 2 is 1.83 bits per heavy atom. The molecule has 0 unspecified atom stereocenters. The number of amides is 1. The maximum Gasteiger partial charge on any atom is 0.235 e. The fourth-order valence-corrected chi connectivity index (χ4v) is 6.15. The lowest BCUT2D eigenvalue weighted by atomic mass is 9.91. The third-order valence-corrected chi connectivity index (χ3v) is 8.17. The second-order valence-electron chi connectivity index (χ2n) is 10.1. The number of ether oxygens (including phenoxy) is 1. The number of carbonyl (C=O) groups excluding carboxylic acids is 1. The Morgan fingerprint density at radius 1 is 1.00 bits per heavy atom. The van der Waals surface area contributed by atoms with E-state index in [-0.39, 0.29) is 11.8 Å². The lowest BCUT2D eigenvalue weighted by Crippen LogP contribution is -2.29. The summed E-state index contributed by atoms with van der Waals surface area (Å²) >= 11 is 0. The van der Waals surface area contributed by atoms with Gasteiger partial charge < -0.3 is 15.0 Å². The van der Waals surface area contributed by atoms with E-state index in [4.69, 9.17) is 4.74 Å². The number of carbonyl (C=O) groups is 1. The zero-order chi connectivity index (χ0) is 23.6. The average Bonchev–Trinajstić information content (AvgIpc) is 3.44. The van der Waals surface area contributed by atoms with Crippen molar-refractivity contribution in [3.8, 4) is 17.0 Å². The summed E-state index contributed by atoms with van der Waals surface area (Å²) in [6.07, 6.45) is 4.70. The largest absolute Gasteiger partial charge is 0.497 e. The van der Waals surface area contributed by atoms with Gasteiger partial charge in [0.05, 0.1) is 23.7 Å². The predicted molar refractivity (Wildman–Crippen MR) is 138 cm³/mol. The smallest absolute Gasteiger partial charge is 0.235 e. The zero-order valence-corrected chi connectivity index (χ0v) is 19.8. The molecular weight excluding hydrogens is 436 g/mol. The van der Waals surface area contributed by atoms with Crippen LogP contribution in [0.25, 0.3) is 22.2 Å². The molecule has 7 rings (SSSR count). The molecule has 1 saturated carbocycles. The van der Waals surface area contributed by atoms with Crippen molar-refractivity contribution in [1.82, 2.24) is 10.2 Å². The van der Waals surface area contributed by atoms with Crippen LogP contribution in [-0.4, -0.2) is 36.3 Å². The van der Waals surface area contributed by atoms with Crippen molar-refractivity contribution in [3.05, 3.63) is 71.8 Å². The van der Waals surface area contributed by atoms with E-state index < -0.39 is 5.41 Å². The van der Waals surface area contributed by atoms with Crippen LogP contribution in [0.4, 0.5) is 11.4 Å². The van der Waals surface area contributed by atoms with E-state index in [1.165, 1.54) is 30.5 Å². The van der Waals surface area contributed by atoms with Gasteiger partial charge in [-0.3, -0.25) is 9.89 Å². The lowest BCUT2D eigenvalue weighted by Gasteiger charge is -2.28. The third kappa shape index (κ3) is 3.09. The molecule has 0 radical (unpaired) electrons. The number of aromatic amines is 1. The minimum Gasteiger partial charge on any atom is -0.497 e.